The first-order valence-corrected chi connectivity index (χ1v) is 6.48. The smallest absolute Gasteiger partial charge is 0.238 e. The van der Waals surface area contributed by atoms with Gasteiger partial charge in [0.05, 0.1) is 6.54 Å². The monoisotopic (exact) mass is 248 g/mol. The second-order valence-corrected chi connectivity index (χ2v) is 4.60. The third kappa shape index (κ3) is 4.47. The van der Waals surface area contributed by atoms with Gasteiger partial charge in [0.25, 0.3) is 0 Å². The van der Waals surface area contributed by atoms with Crippen LogP contribution in [-0.2, 0) is 9.53 Å². The zero-order chi connectivity index (χ0) is 12.6. The number of benzene rings is 1. The number of hydrogen-bond acceptors (Lipinski definition) is 3. The van der Waals surface area contributed by atoms with Crippen LogP contribution >= 0.6 is 0 Å². The maximum absolute atomic E-state index is 11.7. The van der Waals surface area contributed by atoms with E-state index < -0.39 is 0 Å². The van der Waals surface area contributed by atoms with Gasteiger partial charge >= 0.3 is 0 Å². The van der Waals surface area contributed by atoms with Crippen molar-refractivity contribution in [3.05, 3.63) is 30.3 Å². The molecule has 0 spiro atoms. The molecule has 1 aromatic rings. The number of hydrogen-bond donors (Lipinski definition) is 2. The lowest BCUT2D eigenvalue weighted by molar-refractivity contribution is -0.115. The van der Waals surface area contributed by atoms with Gasteiger partial charge in [0, 0.05) is 18.9 Å². The van der Waals surface area contributed by atoms with Crippen molar-refractivity contribution < 1.29 is 9.53 Å². The zero-order valence-electron chi connectivity index (χ0n) is 10.5. The summed E-state index contributed by atoms with van der Waals surface area (Å²) in [4.78, 5) is 11.7. The fourth-order valence-corrected chi connectivity index (χ4v) is 2.07. The predicted molar refractivity (Wildman–Crippen MR) is 71.5 cm³/mol. The summed E-state index contributed by atoms with van der Waals surface area (Å²) in [7, 11) is 0. The van der Waals surface area contributed by atoms with Crippen molar-refractivity contribution >= 4 is 11.6 Å². The molecule has 2 rings (SSSR count). The first kappa shape index (κ1) is 13.1. The largest absolute Gasteiger partial charge is 0.381 e. The summed E-state index contributed by atoms with van der Waals surface area (Å²) in [5, 5.41) is 6.06. The average Bonchev–Trinajstić information content (AvgIpc) is 2.41. The van der Waals surface area contributed by atoms with Crippen molar-refractivity contribution in [2.24, 2.45) is 5.92 Å². The van der Waals surface area contributed by atoms with Crippen LogP contribution in [-0.4, -0.2) is 32.2 Å². The van der Waals surface area contributed by atoms with E-state index in [1.807, 2.05) is 30.3 Å². The summed E-state index contributed by atoms with van der Waals surface area (Å²) in [6.07, 6.45) is 2.18. The van der Waals surface area contributed by atoms with Gasteiger partial charge in [-0.1, -0.05) is 18.2 Å². The molecule has 1 aromatic carbocycles. The van der Waals surface area contributed by atoms with Crippen LogP contribution in [0, 0.1) is 5.92 Å². The Morgan fingerprint density at radius 1 is 1.22 bits per heavy atom. The van der Waals surface area contributed by atoms with E-state index in [1.165, 1.54) is 0 Å². The summed E-state index contributed by atoms with van der Waals surface area (Å²) >= 11 is 0. The van der Waals surface area contributed by atoms with Crippen LogP contribution in [0.2, 0.25) is 0 Å². The van der Waals surface area contributed by atoms with Crippen molar-refractivity contribution in [3.8, 4) is 0 Å². The number of anilines is 1. The van der Waals surface area contributed by atoms with E-state index >= 15 is 0 Å². The Hall–Kier alpha value is -1.39. The number of rotatable bonds is 5. The topological polar surface area (TPSA) is 50.4 Å². The second kappa shape index (κ2) is 7.13. The molecule has 4 nitrogen and oxygen atoms in total. The summed E-state index contributed by atoms with van der Waals surface area (Å²) < 4.78 is 5.30. The Bertz CT molecular complexity index is 361. The molecule has 1 saturated heterocycles. The quantitative estimate of drug-likeness (QED) is 0.833. The lowest BCUT2D eigenvalue weighted by Crippen LogP contribution is -2.33. The van der Waals surface area contributed by atoms with Crippen molar-refractivity contribution in [2.75, 3.05) is 31.6 Å². The Balaban J connectivity index is 1.62. The van der Waals surface area contributed by atoms with Crippen LogP contribution in [0.4, 0.5) is 5.69 Å². The highest BCUT2D eigenvalue weighted by molar-refractivity contribution is 5.92. The molecule has 0 aromatic heterocycles. The molecule has 1 aliphatic heterocycles. The molecule has 98 valence electrons. The van der Waals surface area contributed by atoms with Crippen LogP contribution in [0.1, 0.15) is 12.8 Å². The van der Waals surface area contributed by atoms with Crippen LogP contribution in [0.5, 0.6) is 0 Å². The number of para-hydroxylation sites is 1. The molecule has 0 aliphatic carbocycles. The Morgan fingerprint density at radius 2 is 1.94 bits per heavy atom. The minimum absolute atomic E-state index is 0.00765. The Labute approximate surface area is 108 Å². The molecule has 0 saturated carbocycles. The minimum atomic E-state index is 0.00765. The van der Waals surface area contributed by atoms with Gasteiger partial charge in [0.15, 0.2) is 0 Å². The third-order valence-corrected chi connectivity index (χ3v) is 3.12. The van der Waals surface area contributed by atoms with E-state index in [9.17, 15) is 4.79 Å². The molecule has 0 atom stereocenters. The molecular weight excluding hydrogens is 228 g/mol. The lowest BCUT2D eigenvalue weighted by atomic mass is 10.0. The van der Waals surface area contributed by atoms with Crippen molar-refractivity contribution in [1.29, 1.82) is 0 Å². The first-order chi connectivity index (χ1) is 8.84. The highest BCUT2D eigenvalue weighted by Crippen LogP contribution is 2.13. The molecule has 4 heteroatoms. The van der Waals surface area contributed by atoms with Crippen LogP contribution in [0.25, 0.3) is 0 Å². The molecule has 0 unspecified atom stereocenters. The second-order valence-electron chi connectivity index (χ2n) is 4.60. The number of nitrogens with one attached hydrogen (secondary N) is 2. The van der Waals surface area contributed by atoms with Gasteiger partial charge in [-0.3, -0.25) is 4.79 Å². The molecular formula is C14H20N2O2. The van der Waals surface area contributed by atoms with Crippen molar-refractivity contribution in [2.45, 2.75) is 12.8 Å². The Kier molecular flexibility index (Phi) is 5.17. The van der Waals surface area contributed by atoms with E-state index in [0.717, 1.165) is 38.3 Å². The highest BCUT2D eigenvalue weighted by Gasteiger charge is 2.13. The van der Waals surface area contributed by atoms with Crippen molar-refractivity contribution in [1.82, 2.24) is 5.32 Å². The van der Waals surface area contributed by atoms with Gasteiger partial charge < -0.3 is 15.4 Å². The predicted octanol–water partition coefficient (Wildman–Crippen LogP) is 1.64. The Morgan fingerprint density at radius 3 is 2.67 bits per heavy atom. The number of carbonyl (C=O) groups excluding carboxylic acids is 1. The van der Waals surface area contributed by atoms with E-state index in [-0.39, 0.29) is 5.91 Å². The molecule has 18 heavy (non-hydrogen) atoms. The SMILES string of the molecule is O=C(CNCC1CCOCC1)Nc1ccccc1. The lowest BCUT2D eigenvalue weighted by Gasteiger charge is -2.22. The maximum atomic E-state index is 11.7. The summed E-state index contributed by atoms with van der Waals surface area (Å²) in [5.41, 5.74) is 0.843. The molecule has 1 heterocycles. The molecule has 2 N–H and O–H groups in total. The van der Waals surface area contributed by atoms with Gasteiger partial charge in [0.2, 0.25) is 5.91 Å². The third-order valence-electron chi connectivity index (χ3n) is 3.12. The summed E-state index contributed by atoms with van der Waals surface area (Å²) in [6.45, 7) is 2.96. The van der Waals surface area contributed by atoms with Gasteiger partial charge in [-0.05, 0) is 37.4 Å². The molecule has 0 bridgehead atoms. The first-order valence-electron chi connectivity index (χ1n) is 6.48. The van der Waals surface area contributed by atoms with E-state index in [0.29, 0.717) is 12.5 Å². The maximum Gasteiger partial charge on any atom is 0.238 e. The van der Waals surface area contributed by atoms with E-state index in [1.54, 1.807) is 0 Å². The molecule has 1 amide bonds. The standard InChI is InChI=1S/C14H20N2O2/c17-14(16-13-4-2-1-3-5-13)11-15-10-12-6-8-18-9-7-12/h1-5,12,15H,6-11H2,(H,16,17). The van der Waals surface area contributed by atoms with Gasteiger partial charge in [-0.2, -0.15) is 0 Å². The molecule has 1 aliphatic rings. The van der Waals surface area contributed by atoms with Crippen LogP contribution in [0.3, 0.4) is 0 Å². The molecule has 1 fully saturated rings. The van der Waals surface area contributed by atoms with Crippen LogP contribution in [0.15, 0.2) is 30.3 Å². The summed E-state index contributed by atoms with van der Waals surface area (Å²) in [6, 6.07) is 9.52. The number of ether oxygens (including phenoxy) is 1. The summed E-state index contributed by atoms with van der Waals surface area (Å²) in [5.74, 6) is 0.650. The minimum Gasteiger partial charge on any atom is -0.381 e. The molecule has 0 radical (unpaired) electrons. The van der Waals surface area contributed by atoms with Crippen LogP contribution < -0.4 is 10.6 Å². The van der Waals surface area contributed by atoms with Gasteiger partial charge in [-0.25, -0.2) is 0 Å². The fourth-order valence-electron chi connectivity index (χ4n) is 2.07. The fraction of sp³-hybridized carbons (Fsp3) is 0.500. The highest BCUT2D eigenvalue weighted by atomic mass is 16.5. The van der Waals surface area contributed by atoms with E-state index in [2.05, 4.69) is 10.6 Å². The number of amides is 1. The normalized spacial score (nSPS) is 16.4. The average molecular weight is 248 g/mol. The van der Waals surface area contributed by atoms with Gasteiger partial charge in [-0.15, -0.1) is 0 Å². The number of carbonyl (C=O) groups is 1. The van der Waals surface area contributed by atoms with Gasteiger partial charge in [0.1, 0.15) is 0 Å². The zero-order valence-corrected chi connectivity index (χ0v) is 10.5. The van der Waals surface area contributed by atoms with Crippen molar-refractivity contribution in [3.63, 3.8) is 0 Å². The van der Waals surface area contributed by atoms with E-state index in [4.69, 9.17) is 4.74 Å².